The van der Waals surface area contributed by atoms with Gasteiger partial charge in [0.1, 0.15) is 5.84 Å². The molecule has 0 bridgehead atoms. The Hall–Kier alpha value is -1.34. The van der Waals surface area contributed by atoms with Gasteiger partial charge in [0.05, 0.1) is 6.04 Å². The molecule has 1 N–H and O–H groups in total. The number of amidine groups is 1. The average Bonchev–Trinajstić information content (AvgIpc) is 2.18. The van der Waals surface area contributed by atoms with Crippen LogP contribution in [0.15, 0.2) is 33.7 Å². The predicted molar refractivity (Wildman–Crippen MR) is 64.4 cm³/mol. The SMILES string of the molecule is CC(=NC(C)c1cccc(Br)c1)NC#N. The van der Waals surface area contributed by atoms with E-state index in [9.17, 15) is 0 Å². The molecule has 0 saturated heterocycles. The molecule has 1 aromatic carbocycles. The second kappa shape index (κ2) is 5.52. The molecule has 0 heterocycles. The molecule has 15 heavy (non-hydrogen) atoms. The van der Waals surface area contributed by atoms with Gasteiger partial charge in [0, 0.05) is 4.47 Å². The van der Waals surface area contributed by atoms with Crippen LogP contribution in [0.25, 0.3) is 0 Å². The molecule has 0 aliphatic carbocycles. The van der Waals surface area contributed by atoms with Crippen molar-refractivity contribution in [3.63, 3.8) is 0 Å². The molecular formula is C11H12BrN3. The van der Waals surface area contributed by atoms with Crippen LogP contribution in [0.3, 0.4) is 0 Å². The molecule has 1 unspecified atom stereocenters. The highest BCUT2D eigenvalue weighted by Crippen LogP contribution is 2.20. The van der Waals surface area contributed by atoms with E-state index >= 15 is 0 Å². The molecule has 0 aromatic heterocycles. The Bertz CT molecular complexity index is 407. The van der Waals surface area contributed by atoms with Gasteiger partial charge in [-0.05, 0) is 31.5 Å². The van der Waals surface area contributed by atoms with Crippen LogP contribution in [0.2, 0.25) is 0 Å². The summed E-state index contributed by atoms with van der Waals surface area (Å²) >= 11 is 3.41. The third kappa shape index (κ3) is 3.72. The Balaban J connectivity index is 2.82. The van der Waals surface area contributed by atoms with E-state index in [1.165, 1.54) is 0 Å². The standard InChI is InChI=1S/C11H12BrN3/c1-8(15-9(2)14-7-13)10-4-3-5-11(12)6-10/h3-6,8H,1-2H3,(H,14,15). The van der Waals surface area contributed by atoms with Gasteiger partial charge in [-0.2, -0.15) is 5.26 Å². The molecule has 3 nitrogen and oxygen atoms in total. The van der Waals surface area contributed by atoms with Gasteiger partial charge in [0.25, 0.3) is 0 Å². The predicted octanol–water partition coefficient (Wildman–Crippen LogP) is 3.00. The lowest BCUT2D eigenvalue weighted by molar-refractivity contribution is 0.812. The highest BCUT2D eigenvalue weighted by atomic mass is 79.9. The number of halogens is 1. The monoisotopic (exact) mass is 265 g/mol. The van der Waals surface area contributed by atoms with Gasteiger partial charge in [-0.3, -0.25) is 10.3 Å². The summed E-state index contributed by atoms with van der Waals surface area (Å²) in [6.45, 7) is 3.77. The summed E-state index contributed by atoms with van der Waals surface area (Å²) in [5, 5.41) is 10.9. The molecule has 0 amide bonds. The highest BCUT2D eigenvalue weighted by Gasteiger charge is 2.03. The third-order valence-electron chi connectivity index (χ3n) is 1.96. The van der Waals surface area contributed by atoms with Gasteiger partial charge in [-0.1, -0.05) is 28.1 Å². The Morgan fingerprint density at radius 2 is 2.33 bits per heavy atom. The molecule has 0 aliphatic heterocycles. The second-order valence-corrected chi connectivity index (χ2v) is 4.10. The van der Waals surface area contributed by atoms with Crippen molar-refractivity contribution in [2.24, 2.45) is 4.99 Å². The highest BCUT2D eigenvalue weighted by molar-refractivity contribution is 9.10. The summed E-state index contributed by atoms with van der Waals surface area (Å²) in [7, 11) is 0. The van der Waals surface area contributed by atoms with Crippen molar-refractivity contribution in [2.75, 3.05) is 0 Å². The topological polar surface area (TPSA) is 48.2 Å². The smallest absolute Gasteiger partial charge is 0.182 e. The summed E-state index contributed by atoms with van der Waals surface area (Å²) in [5.41, 5.74) is 1.11. The van der Waals surface area contributed by atoms with Crippen LogP contribution in [0.4, 0.5) is 0 Å². The van der Waals surface area contributed by atoms with Crippen LogP contribution in [0, 0.1) is 11.5 Å². The minimum atomic E-state index is 0.0448. The zero-order chi connectivity index (χ0) is 11.3. The number of hydrogen-bond acceptors (Lipinski definition) is 2. The summed E-state index contributed by atoms with van der Waals surface area (Å²) in [6, 6.07) is 8.02. The summed E-state index contributed by atoms with van der Waals surface area (Å²) in [4.78, 5) is 4.34. The van der Waals surface area contributed by atoms with E-state index in [0.717, 1.165) is 10.0 Å². The van der Waals surface area contributed by atoms with Crippen LogP contribution in [0.1, 0.15) is 25.5 Å². The number of nitrogens with one attached hydrogen (secondary N) is 1. The van der Waals surface area contributed by atoms with E-state index in [2.05, 4.69) is 26.2 Å². The number of nitrogens with zero attached hydrogens (tertiary/aromatic N) is 2. The fourth-order valence-corrected chi connectivity index (χ4v) is 1.66. The number of nitriles is 1. The summed E-state index contributed by atoms with van der Waals surface area (Å²) < 4.78 is 1.04. The Morgan fingerprint density at radius 1 is 1.60 bits per heavy atom. The van der Waals surface area contributed by atoms with Crippen molar-refractivity contribution in [1.82, 2.24) is 5.32 Å². The molecule has 0 saturated carbocycles. The fraction of sp³-hybridized carbons (Fsp3) is 0.273. The molecule has 0 aliphatic rings. The maximum atomic E-state index is 8.41. The van der Waals surface area contributed by atoms with E-state index in [0.29, 0.717) is 5.84 Å². The van der Waals surface area contributed by atoms with E-state index in [-0.39, 0.29) is 6.04 Å². The average molecular weight is 266 g/mol. The molecule has 4 heteroatoms. The molecule has 0 fully saturated rings. The van der Waals surface area contributed by atoms with Crippen molar-refractivity contribution in [2.45, 2.75) is 19.9 Å². The molecule has 78 valence electrons. The molecular weight excluding hydrogens is 254 g/mol. The molecule has 1 aromatic rings. The lowest BCUT2D eigenvalue weighted by Gasteiger charge is -2.08. The first-order valence-corrected chi connectivity index (χ1v) is 5.37. The van der Waals surface area contributed by atoms with Crippen molar-refractivity contribution < 1.29 is 0 Å². The summed E-state index contributed by atoms with van der Waals surface area (Å²) in [6.07, 6.45) is 1.85. The van der Waals surface area contributed by atoms with Crippen LogP contribution in [0.5, 0.6) is 0 Å². The Kier molecular flexibility index (Phi) is 4.32. The third-order valence-corrected chi connectivity index (χ3v) is 2.45. The van der Waals surface area contributed by atoms with E-state index < -0.39 is 0 Å². The van der Waals surface area contributed by atoms with Gasteiger partial charge in [-0.25, -0.2) is 0 Å². The van der Waals surface area contributed by atoms with E-state index in [1.54, 1.807) is 6.92 Å². The van der Waals surface area contributed by atoms with Crippen LogP contribution in [-0.4, -0.2) is 5.84 Å². The zero-order valence-corrected chi connectivity index (χ0v) is 10.2. The van der Waals surface area contributed by atoms with Crippen molar-refractivity contribution in [3.05, 3.63) is 34.3 Å². The largest absolute Gasteiger partial charge is 0.281 e. The van der Waals surface area contributed by atoms with Gasteiger partial charge in [-0.15, -0.1) is 0 Å². The Morgan fingerprint density at radius 3 is 2.93 bits per heavy atom. The number of benzene rings is 1. The first-order valence-electron chi connectivity index (χ1n) is 4.58. The van der Waals surface area contributed by atoms with Crippen LogP contribution in [-0.2, 0) is 0 Å². The first kappa shape index (κ1) is 11.7. The number of aliphatic imine (C=N–C) groups is 1. The van der Waals surface area contributed by atoms with Crippen molar-refractivity contribution in [3.8, 4) is 6.19 Å². The number of hydrogen-bond donors (Lipinski definition) is 1. The molecule has 1 atom stereocenters. The van der Waals surface area contributed by atoms with Crippen molar-refractivity contribution >= 4 is 21.8 Å². The van der Waals surface area contributed by atoms with Gasteiger partial charge in [0.15, 0.2) is 6.19 Å². The fourth-order valence-electron chi connectivity index (χ4n) is 1.24. The normalized spacial score (nSPS) is 13.1. The second-order valence-electron chi connectivity index (χ2n) is 3.18. The Labute approximate surface area is 98.0 Å². The minimum Gasteiger partial charge on any atom is -0.281 e. The molecule has 0 radical (unpaired) electrons. The zero-order valence-electron chi connectivity index (χ0n) is 8.66. The van der Waals surface area contributed by atoms with Crippen LogP contribution >= 0.6 is 15.9 Å². The van der Waals surface area contributed by atoms with Crippen LogP contribution < -0.4 is 5.32 Å². The van der Waals surface area contributed by atoms with E-state index in [1.807, 2.05) is 37.4 Å². The number of rotatable bonds is 2. The lowest BCUT2D eigenvalue weighted by atomic mass is 10.1. The summed E-state index contributed by atoms with van der Waals surface area (Å²) in [5.74, 6) is 0.630. The maximum absolute atomic E-state index is 8.41. The molecule has 0 spiro atoms. The van der Waals surface area contributed by atoms with Gasteiger partial charge >= 0.3 is 0 Å². The lowest BCUT2D eigenvalue weighted by Crippen LogP contribution is -2.14. The minimum absolute atomic E-state index is 0.0448. The first-order chi connectivity index (χ1) is 7.13. The van der Waals surface area contributed by atoms with Crippen molar-refractivity contribution in [1.29, 1.82) is 5.26 Å². The van der Waals surface area contributed by atoms with Gasteiger partial charge in [0.2, 0.25) is 0 Å². The van der Waals surface area contributed by atoms with Gasteiger partial charge < -0.3 is 0 Å². The quantitative estimate of drug-likeness (QED) is 0.387. The maximum Gasteiger partial charge on any atom is 0.182 e. The molecule has 1 rings (SSSR count). The van der Waals surface area contributed by atoms with E-state index in [4.69, 9.17) is 5.26 Å².